The molecule has 0 spiro atoms. The average Bonchev–Trinajstić information content (AvgIpc) is 2.18. The van der Waals surface area contributed by atoms with E-state index in [1.54, 1.807) is 13.2 Å². The van der Waals surface area contributed by atoms with Crippen molar-refractivity contribution in [1.82, 2.24) is 0 Å². The fourth-order valence-electron chi connectivity index (χ4n) is 1.03. The molecule has 1 atom stereocenters. The first-order valence-corrected chi connectivity index (χ1v) is 6.94. The third-order valence-corrected chi connectivity index (χ3v) is 4.56. The lowest BCUT2D eigenvalue weighted by Gasteiger charge is -2.16. The van der Waals surface area contributed by atoms with Gasteiger partial charge in [-0.1, -0.05) is 13.8 Å². The zero-order valence-corrected chi connectivity index (χ0v) is 10.5. The molecule has 84 valence electrons. The van der Waals surface area contributed by atoms with Crippen LogP contribution in [-0.2, 0) is 13.8 Å². The summed E-state index contributed by atoms with van der Waals surface area (Å²) in [5.74, 6) is 0. The normalized spacial score (nSPS) is 16.4. The van der Waals surface area contributed by atoms with Crippen LogP contribution in [0.3, 0.4) is 0 Å². The van der Waals surface area contributed by atoms with Crippen LogP contribution >= 0.6 is 7.37 Å². The average molecular weight is 220 g/mol. The Kier molecular flexibility index (Phi) is 6.94. The van der Waals surface area contributed by atoms with Gasteiger partial charge in [0, 0.05) is 11.5 Å². The number of hydrogen-bond acceptors (Lipinski definition) is 3. The van der Waals surface area contributed by atoms with Gasteiger partial charge in [0.05, 0.1) is 19.5 Å². The zero-order valence-electron chi connectivity index (χ0n) is 9.58. The maximum absolute atomic E-state index is 12.1. The summed E-state index contributed by atoms with van der Waals surface area (Å²) in [6, 6.07) is 0. The lowest BCUT2D eigenvalue weighted by Crippen LogP contribution is -1.95. The molecule has 0 amide bonds. The van der Waals surface area contributed by atoms with Crippen molar-refractivity contribution in [2.75, 3.05) is 19.4 Å². The fourth-order valence-corrected chi connectivity index (χ4v) is 2.57. The van der Waals surface area contributed by atoms with Gasteiger partial charge in [-0.15, -0.1) is 0 Å². The van der Waals surface area contributed by atoms with Gasteiger partial charge in [0.1, 0.15) is 0 Å². The molecule has 0 aliphatic carbocycles. The molecule has 4 heteroatoms. The van der Waals surface area contributed by atoms with Gasteiger partial charge in [0.15, 0.2) is 0 Å². The van der Waals surface area contributed by atoms with Crippen LogP contribution in [0, 0.1) is 0 Å². The van der Waals surface area contributed by atoms with E-state index in [1.165, 1.54) is 0 Å². The summed E-state index contributed by atoms with van der Waals surface area (Å²) < 4.78 is 22.6. The Balaban J connectivity index is 4.36. The first-order chi connectivity index (χ1) is 6.60. The van der Waals surface area contributed by atoms with Gasteiger partial charge in [0.25, 0.3) is 0 Å². The molecule has 0 aromatic carbocycles. The highest BCUT2D eigenvalue weighted by Crippen LogP contribution is 2.54. The molecule has 0 N–H and O–H groups in total. The summed E-state index contributed by atoms with van der Waals surface area (Å²) in [6.07, 6.45) is 3.05. The van der Waals surface area contributed by atoms with Crippen LogP contribution in [0.1, 0.15) is 34.1 Å². The molecule has 0 aliphatic rings. The molecule has 0 aromatic heterocycles. The van der Waals surface area contributed by atoms with Crippen LogP contribution in [0.25, 0.3) is 0 Å². The standard InChI is InChI=1S/C10H21O3P/c1-5-8-12-9-10(4)14(11,7-3)13-6-2/h9H,5-8H2,1-4H3. The molecule has 1 unspecified atom stereocenters. The molecule has 0 aromatic rings. The highest BCUT2D eigenvalue weighted by atomic mass is 31.2. The molecule has 0 radical (unpaired) electrons. The maximum atomic E-state index is 12.1. The van der Waals surface area contributed by atoms with Gasteiger partial charge in [-0.2, -0.15) is 0 Å². The van der Waals surface area contributed by atoms with Gasteiger partial charge >= 0.3 is 0 Å². The SMILES string of the molecule is CCCOC=C(C)P(=O)(CC)OCC. The Hall–Kier alpha value is -0.270. The minimum atomic E-state index is -2.60. The van der Waals surface area contributed by atoms with Crippen molar-refractivity contribution < 1.29 is 13.8 Å². The predicted octanol–water partition coefficient (Wildman–Crippen LogP) is 3.61. The van der Waals surface area contributed by atoms with Crippen LogP contribution < -0.4 is 0 Å². The Morgan fingerprint density at radius 1 is 1.36 bits per heavy atom. The lowest BCUT2D eigenvalue weighted by molar-refractivity contribution is 0.247. The molecule has 0 aliphatic heterocycles. The fraction of sp³-hybridized carbons (Fsp3) is 0.800. The minimum Gasteiger partial charge on any atom is -0.501 e. The molecule has 3 nitrogen and oxygen atoms in total. The summed E-state index contributed by atoms with van der Waals surface area (Å²) >= 11 is 0. The summed E-state index contributed by atoms with van der Waals surface area (Å²) in [4.78, 5) is 0. The Morgan fingerprint density at radius 2 is 2.00 bits per heavy atom. The van der Waals surface area contributed by atoms with Gasteiger partial charge < -0.3 is 9.26 Å². The lowest BCUT2D eigenvalue weighted by atomic mass is 10.5. The Labute approximate surface area is 86.9 Å². The van der Waals surface area contributed by atoms with E-state index in [-0.39, 0.29) is 0 Å². The summed E-state index contributed by atoms with van der Waals surface area (Å²) in [5.41, 5.74) is 0. The smallest absolute Gasteiger partial charge is 0.230 e. The van der Waals surface area contributed by atoms with E-state index in [0.717, 1.165) is 11.7 Å². The van der Waals surface area contributed by atoms with Gasteiger partial charge in [-0.25, -0.2) is 0 Å². The van der Waals surface area contributed by atoms with Crippen LogP contribution in [0.2, 0.25) is 0 Å². The zero-order chi connectivity index (χ0) is 11.0. The number of ether oxygens (including phenoxy) is 1. The highest BCUT2D eigenvalue weighted by molar-refractivity contribution is 7.63. The molecule has 0 rings (SSSR count). The second-order valence-corrected chi connectivity index (χ2v) is 5.98. The first-order valence-electron chi connectivity index (χ1n) is 5.13. The second kappa shape index (κ2) is 7.08. The molecule has 0 fully saturated rings. The van der Waals surface area contributed by atoms with E-state index in [9.17, 15) is 4.57 Å². The largest absolute Gasteiger partial charge is 0.501 e. The summed E-state index contributed by atoms with van der Waals surface area (Å²) in [6.45, 7) is 8.69. The molecule has 0 saturated heterocycles. The minimum absolute atomic E-state index is 0.476. The van der Waals surface area contributed by atoms with Crippen molar-refractivity contribution in [2.45, 2.75) is 34.1 Å². The van der Waals surface area contributed by atoms with Crippen molar-refractivity contribution in [2.24, 2.45) is 0 Å². The maximum Gasteiger partial charge on any atom is 0.230 e. The van der Waals surface area contributed by atoms with E-state index in [0.29, 0.717) is 19.4 Å². The topological polar surface area (TPSA) is 35.5 Å². The van der Waals surface area contributed by atoms with E-state index in [4.69, 9.17) is 9.26 Å². The van der Waals surface area contributed by atoms with Crippen LogP contribution in [0.15, 0.2) is 11.6 Å². The van der Waals surface area contributed by atoms with E-state index in [1.807, 2.05) is 20.8 Å². The van der Waals surface area contributed by atoms with Crippen molar-refractivity contribution in [1.29, 1.82) is 0 Å². The van der Waals surface area contributed by atoms with E-state index >= 15 is 0 Å². The predicted molar refractivity (Wildman–Crippen MR) is 59.8 cm³/mol. The molecule has 0 saturated carbocycles. The van der Waals surface area contributed by atoms with Gasteiger partial charge in [-0.05, 0) is 20.3 Å². The highest BCUT2D eigenvalue weighted by Gasteiger charge is 2.22. The second-order valence-electron chi connectivity index (χ2n) is 3.04. The molecular weight excluding hydrogens is 199 g/mol. The Bertz CT molecular complexity index is 223. The van der Waals surface area contributed by atoms with Crippen molar-refractivity contribution in [3.8, 4) is 0 Å². The molecule has 0 heterocycles. The van der Waals surface area contributed by atoms with Crippen molar-refractivity contribution in [3.05, 3.63) is 11.6 Å². The van der Waals surface area contributed by atoms with Crippen LogP contribution in [0.4, 0.5) is 0 Å². The Morgan fingerprint density at radius 3 is 2.43 bits per heavy atom. The monoisotopic (exact) mass is 220 g/mol. The number of hydrogen-bond donors (Lipinski definition) is 0. The van der Waals surface area contributed by atoms with Gasteiger partial charge in [0.2, 0.25) is 7.37 Å². The van der Waals surface area contributed by atoms with Crippen LogP contribution in [-0.4, -0.2) is 19.4 Å². The summed E-state index contributed by atoms with van der Waals surface area (Å²) in [7, 11) is -2.60. The van der Waals surface area contributed by atoms with Crippen molar-refractivity contribution >= 4 is 7.37 Å². The molecular formula is C10H21O3P. The number of rotatable bonds is 7. The first kappa shape index (κ1) is 13.7. The van der Waals surface area contributed by atoms with Gasteiger partial charge in [-0.3, -0.25) is 4.57 Å². The van der Waals surface area contributed by atoms with E-state index in [2.05, 4.69) is 0 Å². The van der Waals surface area contributed by atoms with Crippen molar-refractivity contribution in [3.63, 3.8) is 0 Å². The molecule has 0 bridgehead atoms. The van der Waals surface area contributed by atoms with Crippen LogP contribution in [0.5, 0.6) is 0 Å². The third kappa shape index (κ3) is 4.30. The quantitative estimate of drug-likeness (QED) is 0.373. The summed E-state index contributed by atoms with van der Waals surface area (Å²) in [5, 5.41) is 0.718. The molecule has 14 heavy (non-hydrogen) atoms. The third-order valence-electron chi connectivity index (χ3n) is 1.87. The van der Waals surface area contributed by atoms with E-state index < -0.39 is 7.37 Å². The number of allylic oxidation sites excluding steroid dienone is 1.